The van der Waals surface area contributed by atoms with Gasteiger partial charge in [0.2, 0.25) is 0 Å². The molecule has 0 unspecified atom stereocenters. The van der Waals surface area contributed by atoms with Gasteiger partial charge >= 0.3 is 0 Å². The Labute approximate surface area is 145 Å². The van der Waals surface area contributed by atoms with E-state index < -0.39 is 0 Å². The zero-order valence-corrected chi connectivity index (χ0v) is 15.1. The lowest BCUT2D eigenvalue weighted by Crippen LogP contribution is -2.39. The summed E-state index contributed by atoms with van der Waals surface area (Å²) in [6, 6.07) is 4.21. The topological polar surface area (TPSA) is 61.8 Å². The monoisotopic (exact) mass is 333 g/mol. The van der Waals surface area contributed by atoms with Crippen molar-refractivity contribution in [2.24, 2.45) is 4.99 Å². The first kappa shape index (κ1) is 18.5. The normalized spacial score (nSPS) is 15.4. The van der Waals surface area contributed by atoms with Crippen molar-refractivity contribution >= 4 is 11.8 Å². The van der Waals surface area contributed by atoms with Gasteiger partial charge in [-0.2, -0.15) is 0 Å². The molecule has 1 fully saturated rings. The van der Waals surface area contributed by atoms with Gasteiger partial charge in [0.15, 0.2) is 5.96 Å². The van der Waals surface area contributed by atoms with E-state index >= 15 is 0 Å². The van der Waals surface area contributed by atoms with Crippen molar-refractivity contribution in [1.29, 1.82) is 0 Å². The summed E-state index contributed by atoms with van der Waals surface area (Å²) in [6.07, 6.45) is 5.75. The molecule has 1 aromatic rings. The predicted molar refractivity (Wildman–Crippen MR) is 99.6 cm³/mol. The summed E-state index contributed by atoms with van der Waals surface area (Å²) < 4.78 is 5.35. The van der Waals surface area contributed by atoms with Gasteiger partial charge in [0.25, 0.3) is 0 Å². The van der Waals surface area contributed by atoms with E-state index in [0.717, 1.165) is 44.6 Å². The Balaban J connectivity index is 1.91. The van der Waals surface area contributed by atoms with Gasteiger partial charge in [-0.05, 0) is 50.8 Å². The molecule has 1 aliphatic heterocycles. The first-order valence-corrected chi connectivity index (χ1v) is 9.13. The van der Waals surface area contributed by atoms with Crippen LogP contribution in [-0.2, 0) is 11.3 Å². The number of guanidine groups is 1. The molecule has 0 aliphatic carbocycles. The van der Waals surface area contributed by atoms with E-state index in [9.17, 15) is 0 Å². The van der Waals surface area contributed by atoms with Crippen LogP contribution in [0.4, 0.5) is 5.82 Å². The maximum Gasteiger partial charge on any atom is 0.191 e. The molecule has 0 bridgehead atoms. The standard InChI is InChI=1S/C18H31N5O/c1-3-19-18(21-10-13-24-4-2)22-15-16-8-9-20-17(14-16)23-11-6-5-7-12-23/h8-9,14H,3-7,10-13,15H2,1-2H3,(H2,19,21,22). The molecule has 134 valence electrons. The molecule has 0 spiro atoms. The molecular weight excluding hydrogens is 302 g/mol. The summed E-state index contributed by atoms with van der Waals surface area (Å²) in [4.78, 5) is 11.6. The largest absolute Gasteiger partial charge is 0.380 e. The van der Waals surface area contributed by atoms with Gasteiger partial charge in [0.05, 0.1) is 13.2 Å². The lowest BCUT2D eigenvalue weighted by atomic mass is 10.1. The number of ether oxygens (including phenoxy) is 1. The van der Waals surface area contributed by atoms with Crippen molar-refractivity contribution < 1.29 is 4.74 Å². The van der Waals surface area contributed by atoms with Gasteiger partial charge in [-0.3, -0.25) is 0 Å². The molecule has 6 nitrogen and oxygen atoms in total. The van der Waals surface area contributed by atoms with E-state index in [1.165, 1.54) is 24.8 Å². The van der Waals surface area contributed by atoms with Gasteiger partial charge in [-0.15, -0.1) is 0 Å². The van der Waals surface area contributed by atoms with Crippen LogP contribution < -0.4 is 15.5 Å². The highest BCUT2D eigenvalue weighted by molar-refractivity contribution is 5.79. The van der Waals surface area contributed by atoms with E-state index in [1.807, 2.05) is 19.2 Å². The number of aromatic nitrogens is 1. The Bertz CT molecular complexity index is 500. The lowest BCUT2D eigenvalue weighted by Gasteiger charge is -2.27. The second kappa shape index (κ2) is 10.9. The summed E-state index contributed by atoms with van der Waals surface area (Å²) in [7, 11) is 0. The quantitative estimate of drug-likeness (QED) is 0.434. The number of rotatable bonds is 8. The SMILES string of the molecule is CCNC(=NCc1ccnc(N2CCCCC2)c1)NCCOCC. The molecule has 2 rings (SSSR count). The van der Waals surface area contributed by atoms with Crippen LogP contribution >= 0.6 is 0 Å². The first-order valence-electron chi connectivity index (χ1n) is 9.13. The van der Waals surface area contributed by atoms with Crippen LogP contribution in [0, 0.1) is 0 Å². The fourth-order valence-electron chi connectivity index (χ4n) is 2.75. The minimum Gasteiger partial charge on any atom is -0.380 e. The molecular formula is C18H31N5O. The van der Waals surface area contributed by atoms with Crippen LogP contribution in [0.2, 0.25) is 0 Å². The Morgan fingerprint density at radius 3 is 2.83 bits per heavy atom. The maximum atomic E-state index is 5.35. The Morgan fingerprint density at radius 1 is 1.25 bits per heavy atom. The third-order valence-electron chi connectivity index (χ3n) is 4.00. The number of piperidine rings is 1. The van der Waals surface area contributed by atoms with Crippen molar-refractivity contribution in [3.8, 4) is 0 Å². The molecule has 0 amide bonds. The fourth-order valence-corrected chi connectivity index (χ4v) is 2.75. The number of nitrogens with zero attached hydrogens (tertiary/aromatic N) is 3. The zero-order valence-electron chi connectivity index (χ0n) is 15.1. The summed E-state index contributed by atoms with van der Waals surface area (Å²) in [5, 5.41) is 6.56. The maximum absolute atomic E-state index is 5.35. The van der Waals surface area contributed by atoms with Gasteiger partial charge in [0, 0.05) is 39.0 Å². The van der Waals surface area contributed by atoms with Crippen LogP contribution in [0.3, 0.4) is 0 Å². The minimum atomic E-state index is 0.646. The molecule has 1 saturated heterocycles. The Kier molecular flexibility index (Phi) is 8.38. The van der Waals surface area contributed by atoms with Crippen molar-refractivity contribution in [2.75, 3.05) is 44.3 Å². The third-order valence-corrected chi connectivity index (χ3v) is 4.00. The van der Waals surface area contributed by atoms with Gasteiger partial charge < -0.3 is 20.3 Å². The summed E-state index contributed by atoms with van der Waals surface area (Å²) >= 11 is 0. The van der Waals surface area contributed by atoms with E-state index in [0.29, 0.717) is 13.2 Å². The molecule has 0 saturated carbocycles. The summed E-state index contributed by atoms with van der Waals surface area (Å²) in [6.45, 7) is 9.98. The van der Waals surface area contributed by atoms with E-state index in [-0.39, 0.29) is 0 Å². The second-order valence-electron chi connectivity index (χ2n) is 5.89. The fraction of sp³-hybridized carbons (Fsp3) is 0.667. The molecule has 6 heteroatoms. The van der Waals surface area contributed by atoms with E-state index in [4.69, 9.17) is 4.74 Å². The van der Waals surface area contributed by atoms with Crippen molar-refractivity contribution in [3.63, 3.8) is 0 Å². The smallest absolute Gasteiger partial charge is 0.191 e. The number of hydrogen-bond donors (Lipinski definition) is 2. The molecule has 0 aromatic carbocycles. The number of anilines is 1. The second-order valence-corrected chi connectivity index (χ2v) is 5.89. The van der Waals surface area contributed by atoms with Crippen molar-refractivity contribution in [1.82, 2.24) is 15.6 Å². The van der Waals surface area contributed by atoms with E-state index in [2.05, 4.69) is 38.5 Å². The Hall–Kier alpha value is -1.82. The average Bonchev–Trinajstić information content (AvgIpc) is 2.64. The molecule has 2 heterocycles. The van der Waals surface area contributed by atoms with Crippen LogP contribution in [0.5, 0.6) is 0 Å². The number of pyridine rings is 1. The average molecular weight is 333 g/mol. The van der Waals surface area contributed by atoms with Gasteiger partial charge in [-0.25, -0.2) is 9.98 Å². The highest BCUT2D eigenvalue weighted by atomic mass is 16.5. The highest BCUT2D eigenvalue weighted by Crippen LogP contribution is 2.18. The molecule has 2 N–H and O–H groups in total. The lowest BCUT2D eigenvalue weighted by molar-refractivity contribution is 0.152. The van der Waals surface area contributed by atoms with Gasteiger partial charge in [-0.1, -0.05) is 0 Å². The van der Waals surface area contributed by atoms with Crippen LogP contribution in [-0.4, -0.2) is 50.3 Å². The first-order chi connectivity index (χ1) is 11.8. The van der Waals surface area contributed by atoms with Crippen molar-refractivity contribution in [3.05, 3.63) is 23.9 Å². The third kappa shape index (κ3) is 6.35. The molecule has 1 aromatic heterocycles. The molecule has 1 aliphatic rings. The van der Waals surface area contributed by atoms with Crippen LogP contribution in [0.25, 0.3) is 0 Å². The van der Waals surface area contributed by atoms with E-state index in [1.54, 1.807) is 0 Å². The van der Waals surface area contributed by atoms with Crippen LogP contribution in [0.15, 0.2) is 23.3 Å². The predicted octanol–water partition coefficient (Wildman–Crippen LogP) is 2.16. The van der Waals surface area contributed by atoms with Gasteiger partial charge in [0.1, 0.15) is 5.82 Å². The minimum absolute atomic E-state index is 0.646. The highest BCUT2D eigenvalue weighted by Gasteiger charge is 2.12. The zero-order chi connectivity index (χ0) is 17.0. The van der Waals surface area contributed by atoms with Crippen molar-refractivity contribution in [2.45, 2.75) is 39.7 Å². The number of hydrogen-bond acceptors (Lipinski definition) is 4. The number of aliphatic imine (C=N–C) groups is 1. The number of nitrogens with one attached hydrogen (secondary N) is 2. The summed E-state index contributed by atoms with van der Waals surface area (Å²) in [5.41, 5.74) is 1.19. The van der Waals surface area contributed by atoms with Crippen LogP contribution in [0.1, 0.15) is 38.7 Å². The molecule has 24 heavy (non-hydrogen) atoms. The summed E-state index contributed by atoms with van der Waals surface area (Å²) in [5.74, 6) is 1.91. The molecule has 0 radical (unpaired) electrons. The molecule has 0 atom stereocenters. The Morgan fingerprint density at radius 2 is 2.08 bits per heavy atom.